The summed E-state index contributed by atoms with van der Waals surface area (Å²) in [6.07, 6.45) is 2.86. The van der Waals surface area contributed by atoms with Crippen LogP contribution in [-0.4, -0.2) is 116 Å². The van der Waals surface area contributed by atoms with Gasteiger partial charge in [0.1, 0.15) is 18.0 Å². The number of amides is 5. The van der Waals surface area contributed by atoms with E-state index in [9.17, 15) is 24.3 Å². The summed E-state index contributed by atoms with van der Waals surface area (Å²) in [7, 11) is 1.90. The molecule has 14 nitrogen and oxygen atoms in total. The van der Waals surface area contributed by atoms with Crippen molar-refractivity contribution < 1.29 is 24.3 Å². The lowest BCUT2D eigenvalue weighted by Crippen LogP contribution is -2.76. The van der Waals surface area contributed by atoms with E-state index in [0.717, 1.165) is 33.3 Å². The van der Waals surface area contributed by atoms with Crippen molar-refractivity contribution in [2.24, 2.45) is 7.05 Å². The van der Waals surface area contributed by atoms with Crippen LogP contribution >= 0.6 is 0 Å². The maximum absolute atomic E-state index is 14.7. The van der Waals surface area contributed by atoms with E-state index in [-0.39, 0.29) is 62.6 Å². The molecular weight excluding hydrogens is 747 g/mol. The average molecular weight is 796 g/mol. The van der Waals surface area contributed by atoms with Crippen molar-refractivity contribution in [1.82, 2.24) is 34.6 Å². The first-order valence-electron chi connectivity index (χ1n) is 19.9. The number of nitrogens with one attached hydrogen (secondary N) is 1. The minimum absolute atomic E-state index is 0.0495. The molecule has 0 unspecified atom stereocenters. The number of aromatic nitrogens is 1. The van der Waals surface area contributed by atoms with E-state index in [2.05, 4.69) is 16.8 Å². The highest BCUT2D eigenvalue weighted by molar-refractivity contribution is 6.08. The number of rotatable bonds is 10. The Kier molecular flexibility index (Phi) is 11.0. The van der Waals surface area contributed by atoms with Gasteiger partial charge in [-0.2, -0.15) is 0 Å². The molecule has 14 heteroatoms. The van der Waals surface area contributed by atoms with E-state index < -0.39 is 18.2 Å². The van der Waals surface area contributed by atoms with Gasteiger partial charge in [0.15, 0.2) is 0 Å². The summed E-state index contributed by atoms with van der Waals surface area (Å²) in [4.78, 5) is 64.6. The number of hydrogen-bond acceptors (Lipinski definition) is 8. The number of carbonyl (C=O) groups excluding carboxylic acids is 4. The molecule has 3 aliphatic rings. The smallest absolute Gasteiger partial charge is 0.334 e. The van der Waals surface area contributed by atoms with Gasteiger partial charge in [-0.3, -0.25) is 14.4 Å². The summed E-state index contributed by atoms with van der Waals surface area (Å²) >= 11 is 0. The third-order valence-corrected chi connectivity index (χ3v) is 11.5. The molecule has 3 fully saturated rings. The van der Waals surface area contributed by atoms with Crippen molar-refractivity contribution in [2.75, 3.05) is 56.4 Å². The van der Waals surface area contributed by atoms with Gasteiger partial charge in [-0.25, -0.2) is 14.8 Å². The number of benzene rings is 4. The van der Waals surface area contributed by atoms with Crippen LogP contribution in [0.3, 0.4) is 0 Å². The first-order chi connectivity index (χ1) is 28.6. The Hall–Kier alpha value is -6.80. The number of anilines is 2. The number of urea groups is 1. The highest BCUT2D eigenvalue weighted by Gasteiger charge is 2.51. The van der Waals surface area contributed by atoms with E-state index in [0.29, 0.717) is 37.4 Å². The Balaban J connectivity index is 1.09. The van der Waals surface area contributed by atoms with Crippen molar-refractivity contribution >= 4 is 46.0 Å². The van der Waals surface area contributed by atoms with Crippen LogP contribution in [0.5, 0.6) is 5.75 Å². The predicted molar refractivity (Wildman–Crippen MR) is 226 cm³/mol. The molecule has 0 bridgehead atoms. The molecule has 2 atom stereocenters. The van der Waals surface area contributed by atoms with Crippen LogP contribution in [0.1, 0.15) is 27.0 Å². The van der Waals surface area contributed by atoms with Crippen molar-refractivity contribution in [3.8, 4) is 5.75 Å². The zero-order chi connectivity index (χ0) is 41.2. The van der Waals surface area contributed by atoms with Crippen molar-refractivity contribution in [3.63, 3.8) is 0 Å². The number of para-hydroxylation sites is 1. The molecule has 1 aromatic heterocycles. The molecule has 0 saturated carbocycles. The molecule has 3 aliphatic heterocycles. The van der Waals surface area contributed by atoms with Gasteiger partial charge in [0.2, 0.25) is 11.8 Å². The molecule has 4 N–H and O–H groups in total. The first kappa shape index (κ1) is 39.0. The summed E-state index contributed by atoms with van der Waals surface area (Å²) in [6, 6.07) is 28.4. The predicted octanol–water partition coefficient (Wildman–Crippen LogP) is 4.17. The molecule has 8 rings (SSSR count). The third-order valence-electron chi connectivity index (χ3n) is 11.5. The van der Waals surface area contributed by atoms with Gasteiger partial charge in [0, 0.05) is 82.2 Å². The summed E-state index contributed by atoms with van der Waals surface area (Å²) in [6.45, 7) is 7.03. The maximum Gasteiger partial charge on any atom is 0.334 e. The fourth-order valence-corrected chi connectivity index (χ4v) is 8.63. The quantitative estimate of drug-likeness (QED) is 0.141. The zero-order valence-corrected chi connectivity index (χ0v) is 33.1. The topological polar surface area (TPSA) is 151 Å². The molecule has 5 aromatic rings. The molecule has 4 heterocycles. The normalized spacial score (nSPS) is 18.6. The molecule has 3 saturated heterocycles. The number of phenols is 1. The van der Waals surface area contributed by atoms with Gasteiger partial charge >= 0.3 is 6.03 Å². The Morgan fingerprint density at radius 1 is 0.898 bits per heavy atom. The Labute approximate surface area is 343 Å². The van der Waals surface area contributed by atoms with Gasteiger partial charge in [-0.1, -0.05) is 66.7 Å². The summed E-state index contributed by atoms with van der Waals surface area (Å²) in [5, 5.41) is 17.1. The van der Waals surface area contributed by atoms with Crippen LogP contribution in [0, 0.1) is 0 Å². The third kappa shape index (κ3) is 7.91. The largest absolute Gasteiger partial charge is 0.508 e. The van der Waals surface area contributed by atoms with Gasteiger partial charge in [0.25, 0.3) is 5.91 Å². The van der Waals surface area contributed by atoms with Crippen LogP contribution in [0.2, 0.25) is 0 Å². The van der Waals surface area contributed by atoms with Gasteiger partial charge < -0.3 is 40.3 Å². The molecule has 0 aliphatic carbocycles. The fourth-order valence-electron chi connectivity index (χ4n) is 8.63. The summed E-state index contributed by atoms with van der Waals surface area (Å²) in [5.74, 6) is -0.496. The van der Waals surface area contributed by atoms with Crippen molar-refractivity contribution in [2.45, 2.75) is 31.7 Å². The highest BCUT2D eigenvalue weighted by Crippen LogP contribution is 2.32. The number of piperazine rings is 2. The standard InChI is InChI=1S/C45H49N9O5/c1-3-20-52-30-41(56)53-39(25-31-12-18-36(55)19-13-31)44(58)51(29-40(53)54(52)45(59)47-26-32-8-5-4-6-9-32)27-33-10-7-11-37-38(28-48(2)42(33)37)43(57)50-23-21-49(22-24-50)35-16-14-34(46)15-17-35/h3-19,28,39-40,55H,1,20-27,29-30,46H2,2H3,(H,47,59)/t39-,40-/m0/s1. The number of nitrogens with zero attached hydrogens (tertiary/aromatic N) is 7. The number of carbonyl (C=O) groups is 4. The van der Waals surface area contributed by atoms with E-state index in [1.54, 1.807) is 50.2 Å². The molecule has 0 spiro atoms. The van der Waals surface area contributed by atoms with E-state index in [1.807, 2.05) is 95.5 Å². The minimum Gasteiger partial charge on any atom is -0.508 e. The lowest BCUT2D eigenvalue weighted by molar-refractivity contribution is -0.189. The van der Waals surface area contributed by atoms with Crippen LogP contribution in [-0.2, 0) is 36.1 Å². The Morgan fingerprint density at radius 2 is 1.63 bits per heavy atom. The van der Waals surface area contributed by atoms with E-state index in [1.165, 1.54) is 0 Å². The van der Waals surface area contributed by atoms with Crippen LogP contribution in [0.4, 0.5) is 16.2 Å². The molecule has 304 valence electrons. The highest BCUT2D eigenvalue weighted by atomic mass is 16.3. The Morgan fingerprint density at radius 3 is 2.34 bits per heavy atom. The lowest BCUT2D eigenvalue weighted by atomic mass is 9.98. The average Bonchev–Trinajstić information content (AvgIpc) is 3.59. The monoisotopic (exact) mass is 795 g/mol. The van der Waals surface area contributed by atoms with Crippen LogP contribution in [0.15, 0.2) is 116 Å². The molecule has 0 radical (unpaired) electrons. The van der Waals surface area contributed by atoms with E-state index in [4.69, 9.17) is 5.73 Å². The molecule has 5 amide bonds. The second-order valence-electron chi connectivity index (χ2n) is 15.3. The van der Waals surface area contributed by atoms with Crippen molar-refractivity contribution in [1.29, 1.82) is 0 Å². The maximum atomic E-state index is 14.7. The van der Waals surface area contributed by atoms with Gasteiger partial charge in [-0.15, -0.1) is 6.58 Å². The summed E-state index contributed by atoms with van der Waals surface area (Å²) in [5.41, 5.74) is 11.6. The minimum atomic E-state index is -0.933. The number of nitrogens with two attached hydrogens (primary N) is 1. The fraction of sp³-hybridized carbons (Fsp3) is 0.289. The lowest BCUT2D eigenvalue weighted by Gasteiger charge is -2.55. The van der Waals surface area contributed by atoms with E-state index >= 15 is 0 Å². The Bertz CT molecular complexity index is 2360. The number of aryl methyl sites for hydroxylation is 1. The second-order valence-corrected chi connectivity index (χ2v) is 15.3. The zero-order valence-electron chi connectivity index (χ0n) is 33.1. The van der Waals surface area contributed by atoms with Gasteiger partial charge in [-0.05, 0) is 53.1 Å². The SMILES string of the molecule is C=CCN1CC(=O)N2[C@@H](Cc3ccc(O)cc3)C(=O)N(Cc3cccc4c(C(=O)N5CCN(c6ccc(N)cc6)CC5)cn(C)c34)C[C@@H]2N1C(=O)NCc1ccccc1. The number of fused-ring (bicyclic) bond motifs is 2. The van der Waals surface area contributed by atoms with Crippen LogP contribution in [0.25, 0.3) is 10.9 Å². The van der Waals surface area contributed by atoms with Crippen molar-refractivity contribution in [3.05, 3.63) is 138 Å². The second kappa shape index (κ2) is 16.6. The number of aromatic hydroxyl groups is 1. The molecule has 4 aromatic carbocycles. The number of phenolic OH excluding ortho intramolecular Hbond substituents is 1. The molecule has 59 heavy (non-hydrogen) atoms. The number of hydrogen-bond donors (Lipinski definition) is 3. The summed E-state index contributed by atoms with van der Waals surface area (Å²) < 4.78 is 1.94. The van der Waals surface area contributed by atoms with Crippen LogP contribution < -0.4 is 16.0 Å². The molecular formula is C45H49N9O5. The number of nitrogen functional groups attached to an aromatic ring is 1. The number of hydrazine groups is 1. The van der Waals surface area contributed by atoms with Gasteiger partial charge in [0.05, 0.1) is 24.2 Å². The first-order valence-corrected chi connectivity index (χ1v) is 19.9.